The second-order valence-corrected chi connectivity index (χ2v) is 8.13. The second-order valence-electron chi connectivity index (χ2n) is 6.07. The molecule has 0 atom stereocenters. The van der Waals surface area contributed by atoms with Gasteiger partial charge in [0, 0.05) is 5.56 Å². The van der Waals surface area contributed by atoms with Crippen molar-refractivity contribution >= 4 is 27.5 Å². The fourth-order valence-corrected chi connectivity index (χ4v) is 3.70. The number of hydrogen-bond donors (Lipinski definition) is 2. The van der Waals surface area contributed by atoms with Gasteiger partial charge in [0.25, 0.3) is 15.9 Å². The summed E-state index contributed by atoms with van der Waals surface area (Å²) in [6.45, 7) is 2.73. The molecule has 0 bridgehead atoms. The molecule has 9 heteroatoms. The topological polar surface area (TPSA) is 84.5 Å². The van der Waals surface area contributed by atoms with Gasteiger partial charge >= 0.3 is 0 Å². The van der Waals surface area contributed by atoms with E-state index < -0.39 is 26.6 Å². The van der Waals surface area contributed by atoms with Crippen molar-refractivity contribution in [1.29, 1.82) is 0 Å². The number of hydrogen-bond acceptors (Lipinski definition) is 4. The van der Waals surface area contributed by atoms with E-state index in [1.54, 1.807) is 12.1 Å². The summed E-state index contributed by atoms with van der Waals surface area (Å²) in [6, 6.07) is 9.21. The Bertz CT molecular complexity index is 905. The van der Waals surface area contributed by atoms with Crippen LogP contribution in [-0.4, -0.2) is 20.9 Å². The van der Waals surface area contributed by atoms with Crippen molar-refractivity contribution in [2.75, 3.05) is 6.61 Å². The first-order valence-corrected chi connectivity index (χ1v) is 10.7. The number of ether oxygens (including phenoxy) is 1. The number of carbonyl (C=O) groups excluding carboxylic acids is 1. The summed E-state index contributed by atoms with van der Waals surface area (Å²) in [5.74, 6) is -0.813. The van der Waals surface area contributed by atoms with Crippen molar-refractivity contribution in [3.63, 3.8) is 0 Å². The quantitative estimate of drug-likeness (QED) is 0.441. The fourth-order valence-electron chi connectivity index (χ4n) is 2.35. The largest absolute Gasteiger partial charge is 0.494 e. The number of sulfonamides is 1. The Morgan fingerprint density at radius 1 is 1.11 bits per heavy atom. The number of benzene rings is 2. The summed E-state index contributed by atoms with van der Waals surface area (Å²) >= 11 is 5.79. The summed E-state index contributed by atoms with van der Waals surface area (Å²) in [7, 11) is -4.22. The molecule has 1 amide bonds. The minimum absolute atomic E-state index is 0.163. The number of hydrazine groups is 1. The molecule has 2 aromatic carbocycles. The van der Waals surface area contributed by atoms with Gasteiger partial charge in [-0.25, -0.2) is 12.8 Å². The van der Waals surface area contributed by atoms with Crippen molar-refractivity contribution < 1.29 is 22.3 Å². The fraction of sp³-hybridized carbons (Fsp3) is 0.316. The number of unbranched alkanes of at least 4 members (excludes halogenated alkanes) is 3. The van der Waals surface area contributed by atoms with Gasteiger partial charge in [0.2, 0.25) is 0 Å². The lowest BCUT2D eigenvalue weighted by Crippen LogP contribution is -2.41. The Labute approximate surface area is 169 Å². The minimum atomic E-state index is -4.22. The van der Waals surface area contributed by atoms with E-state index in [0.29, 0.717) is 12.4 Å². The molecule has 28 heavy (non-hydrogen) atoms. The lowest BCUT2D eigenvalue weighted by Gasteiger charge is -2.10. The number of amides is 1. The van der Waals surface area contributed by atoms with Crippen LogP contribution in [0.5, 0.6) is 5.75 Å². The summed E-state index contributed by atoms with van der Waals surface area (Å²) in [5.41, 5.74) is 2.30. The molecule has 2 N–H and O–H groups in total. The van der Waals surface area contributed by atoms with Gasteiger partial charge in [0.1, 0.15) is 16.5 Å². The number of nitrogens with one attached hydrogen (secondary N) is 2. The Morgan fingerprint density at radius 2 is 1.82 bits per heavy atom. The molecule has 152 valence electrons. The molecule has 0 unspecified atom stereocenters. The van der Waals surface area contributed by atoms with Gasteiger partial charge in [-0.2, -0.15) is 0 Å². The molecule has 2 aromatic rings. The van der Waals surface area contributed by atoms with Crippen LogP contribution in [0.3, 0.4) is 0 Å². The molecule has 0 radical (unpaired) electrons. The number of halogens is 2. The third-order valence-corrected chi connectivity index (χ3v) is 5.59. The third kappa shape index (κ3) is 6.47. The van der Waals surface area contributed by atoms with Gasteiger partial charge in [-0.15, -0.1) is 4.83 Å². The van der Waals surface area contributed by atoms with Crippen LogP contribution in [0.2, 0.25) is 5.02 Å². The second kappa shape index (κ2) is 10.4. The molecule has 0 spiro atoms. The van der Waals surface area contributed by atoms with E-state index in [1.807, 2.05) is 4.83 Å². The van der Waals surface area contributed by atoms with Crippen LogP contribution in [0, 0.1) is 5.82 Å². The summed E-state index contributed by atoms with van der Waals surface area (Å²) in [5, 5.41) is -0.163. The summed E-state index contributed by atoms with van der Waals surface area (Å²) in [6.07, 6.45) is 4.38. The molecular weight excluding hydrogens is 407 g/mol. The zero-order valence-corrected chi connectivity index (χ0v) is 16.9. The molecular formula is C19H22ClFN2O4S. The van der Waals surface area contributed by atoms with Crippen LogP contribution in [0.4, 0.5) is 4.39 Å². The maximum Gasteiger partial charge on any atom is 0.266 e. The van der Waals surface area contributed by atoms with Crippen LogP contribution in [0.1, 0.15) is 43.0 Å². The minimum Gasteiger partial charge on any atom is -0.494 e. The first-order chi connectivity index (χ1) is 13.3. The van der Waals surface area contributed by atoms with E-state index >= 15 is 0 Å². The van der Waals surface area contributed by atoms with Gasteiger partial charge in [-0.05, 0) is 48.9 Å². The molecule has 0 heterocycles. The smallest absolute Gasteiger partial charge is 0.266 e. The van der Waals surface area contributed by atoms with Crippen LogP contribution in [-0.2, 0) is 10.0 Å². The molecule has 0 saturated carbocycles. The molecule has 0 aromatic heterocycles. The SMILES string of the molecule is CCCCCCOc1ccc(C(=O)NNS(=O)(=O)c2cc(F)ccc2Cl)cc1. The molecule has 0 aliphatic rings. The lowest BCUT2D eigenvalue weighted by atomic mass is 10.2. The highest BCUT2D eigenvalue weighted by atomic mass is 35.5. The maximum atomic E-state index is 13.3. The molecule has 6 nitrogen and oxygen atoms in total. The van der Waals surface area contributed by atoms with Gasteiger partial charge in [-0.3, -0.25) is 10.2 Å². The highest BCUT2D eigenvalue weighted by molar-refractivity contribution is 7.89. The van der Waals surface area contributed by atoms with Crippen molar-refractivity contribution in [1.82, 2.24) is 10.3 Å². The van der Waals surface area contributed by atoms with E-state index in [0.717, 1.165) is 37.5 Å². The lowest BCUT2D eigenvalue weighted by molar-refractivity contribution is 0.0945. The standard InChI is InChI=1S/C19H22ClFN2O4S/c1-2-3-4-5-12-27-16-9-6-14(7-10-16)19(24)22-23-28(25,26)18-13-15(21)8-11-17(18)20/h6-11,13,23H,2-5,12H2,1H3,(H,22,24). The Morgan fingerprint density at radius 3 is 2.50 bits per heavy atom. The Kier molecular flexibility index (Phi) is 8.22. The highest BCUT2D eigenvalue weighted by Gasteiger charge is 2.20. The van der Waals surface area contributed by atoms with E-state index in [1.165, 1.54) is 18.6 Å². The van der Waals surface area contributed by atoms with Gasteiger partial charge < -0.3 is 4.74 Å². The zero-order chi connectivity index (χ0) is 20.6. The van der Waals surface area contributed by atoms with Crippen LogP contribution < -0.4 is 15.0 Å². The molecule has 0 aliphatic heterocycles. The highest BCUT2D eigenvalue weighted by Crippen LogP contribution is 2.21. The van der Waals surface area contributed by atoms with Crippen molar-refractivity contribution in [3.05, 3.63) is 58.9 Å². The third-order valence-electron chi connectivity index (χ3n) is 3.86. The van der Waals surface area contributed by atoms with E-state index in [-0.39, 0.29) is 10.6 Å². The van der Waals surface area contributed by atoms with E-state index in [2.05, 4.69) is 12.3 Å². The van der Waals surface area contributed by atoms with E-state index in [9.17, 15) is 17.6 Å². The Balaban J connectivity index is 1.91. The first-order valence-electron chi connectivity index (χ1n) is 8.83. The molecule has 0 fully saturated rings. The zero-order valence-electron chi connectivity index (χ0n) is 15.4. The predicted octanol–water partition coefficient (Wildman–Crippen LogP) is 4.06. The monoisotopic (exact) mass is 428 g/mol. The van der Waals surface area contributed by atoms with Crippen LogP contribution in [0.15, 0.2) is 47.4 Å². The normalized spacial score (nSPS) is 11.2. The average molecular weight is 429 g/mol. The van der Waals surface area contributed by atoms with E-state index in [4.69, 9.17) is 16.3 Å². The number of carbonyl (C=O) groups is 1. The van der Waals surface area contributed by atoms with Crippen LogP contribution in [0.25, 0.3) is 0 Å². The maximum absolute atomic E-state index is 13.3. The van der Waals surface area contributed by atoms with Crippen molar-refractivity contribution in [3.8, 4) is 5.75 Å². The Hall–Kier alpha value is -2.16. The van der Waals surface area contributed by atoms with Gasteiger partial charge in [-0.1, -0.05) is 37.8 Å². The van der Waals surface area contributed by atoms with Gasteiger partial charge in [0.05, 0.1) is 11.6 Å². The molecule has 0 saturated heterocycles. The average Bonchev–Trinajstić information content (AvgIpc) is 2.68. The van der Waals surface area contributed by atoms with Crippen LogP contribution >= 0.6 is 11.6 Å². The summed E-state index contributed by atoms with van der Waals surface area (Å²) < 4.78 is 43.3. The van der Waals surface area contributed by atoms with Gasteiger partial charge in [0.15, 0.2) is 0 Å². The van der Waals surface area contributed by atoms with Crippen molar-refractivity contribution in [2.24, 2.45) is 0 Å². The molecule has 0 aliphatic carbocycles. The molecule has 2 rings (SSSR count). The predicted molar refractivity (Wildman–Crippen MR) is 105 cm³/mol. The summed E-state index contributed by atoms with van der Waals surface area (Å²) in [4.78, 5) is 13.6. The number of rotatable bonds is 10. The van der Waals surface area contributed by atoms with Crippen molar-refractivity contribution in [2.45, 2.75) is 37.5 Å². The first kappa shape index (κ1) is 22.1.